The summed E-state index contributed by atoms with van der Waals surface area (Å²) in [5.41, 5.74) is 5.43. The molecule has 0 spiro atoms. The fraction of sp³-hybridized carbons (Fsp3) is 0.375. The minimum atomic E-state index is -0.599. The summed E-state index contributed by atoms with van der Waals surface area (Å²) >= 11 is 0. The standard InChI is InChI=1S/C24H28N4O3/c1-14-5-4-6-18(15(14)2)16-7-8-20-19(11-16)24(31)28-10-9-17(26-22(29)13-25-3)12-21(28)23(30)27-20/h4-8,11,17,21,25H,9-10,12-13H2,1-3H3,(H,26,29)(H,27,30)/t17-,21-/m0/s1. The van der Waals surface area contributed by atoms with Crippen LogP contribution in [0.2, 0.25) is 0 Å². The van der Waals surface area contributed by atoms with E-state index in [0.717, 1.165) is 11.1 Å². The molecule has 2 aliphatic heterocycles. The molecule has 0 radical (unpaired) electrons. The number of fused-ring (bicyclic) bond motifs is 2. The highest BCUT2D eigenvalue weighted by Gasteiger charge is 2.40. The maximum absolute atomic E-state index is 13.4. The van der Waals surface area contributed by atoms with Gasteiger partial charge in [-0.25, -0.2) is 0 Å². The van der Waals surface area contributed by atoms with Gasteiger partial charge in [0.05, 0.1) is 17.8 Å². The smallest absolute Gasteiger partial charge is 0.256 e. The van der Waals surface area contributed by atoms with Crippen molar-refractivity contribution in [2.45, 2.75) is 38.8 Å². The van der Waals surface area contributed by atoms with Gasteiger partial charge in [-0.2, -0.15) is 0 Å². The highest BCUT2D eigenvalue weighted by molar-refractivity contribution is 6.10. The second-order valence-electron chi connectivity index (χ2n) is 8.33. The third kappa shape index (κ3) is 4.05. The molecular formula is C24H28N4O3. The van der Waals surface area contributed by atoms with E-state index in [1.54, 1.807) is 11.9 Å². The summed E-state index contributed by atoms with van der Waals surface area (Å²) in [5.74, 6) is -0.465. The van der Waals surface area contributed by atoms with E-state index < -0.39 is 6.04 Å². The normalized spacial score (nSPS) is 20.4. The van der Waals surface area contributed by atoms with Crippen molar-refractivity contribution < 1.29 is 14.4 Å². The quantitative estimate of drug-likeness (QED) is 0.708. The fourth-order valence-corrected chi connectivity index (χ4v) is 4.46. The van der Waals surface area contributed by atoms with E-state index in [1.165, 1.54) is 11.1 Å². The zero-order valence-electron chi connectivity index (χ0n) is 18.1. The molecule has 0 saturated carbocycles. The lowest BCUT2D eigenvalue weighted by molar-refractivity contribution is -0.124. The summed E-state index contributed by atoms with van der Waals surface area (Å²) in [7, 11) is 1.71. The monoisotopic (exact) mass is 420 g/mol. The van der Waals surface area contributed by atoms with Crippen LogP contribution in [0.25, 0.3) is 11.1 Å². The number of rotatable bonds is 4. The largest absolute Gasteiger partial charge is 0.352 e. The molecule has 162 valence electrons. The van der Waals surface area contributed by atoms with Crippen LogP contribution < -0.4 is 16.0 Å². The summed E-state index contributed by atoms with van der Waals surface area (Å²) in [4.78, 5) is 39.9. The van der Waals surface area contributed by atoms with Crippen molar-refractivity contribution in [2.24, 2.45) is 0 Å². The van der Waals surface area contributed by atoms with Crippen LogP contribution >= 0.6 is 0 Å². The molecule has 2 heterocycles. The van der Waals surface area contributed by atoms with E-state index in [-0.39, 0.29) is 30.3 Å². The number of nitrogens with zero attached hydrogens (tertiary/aromatic N) is 1. The summed E-state index contributed by atoms with van der Waals surface area (Å²) in [6, 6.07) is 11.0. The number of hydrogen-bond donors (Lipinski definition) is 3. The molecule has 31 heavy (non-hydrogen) atoms. The van der Waals surface area contributed by atoms with Crippen LogP contribution in [0.15, 0.2) is 36.4 Å². The van der Waals surface area contributed by atoms with E-state index in [4.69, 9.17) is 0 Å². The van der Waals surface area contributed by atoms with Gasteiger partial charge in [0.2, 0.25) is 11.8 Å². The number of anilines is 1. The first kappa shape index (κ1) is 21.1. The van der Waals surface area contributed by atoms with Crippen molar-refractivity contribution in [3.8, 4) is 11.1 Å². The topological polar surface area (TPSA) is 90.5 Å². The Hall–Kier alpha value is -3.19. The lowest BCUT2D eigenvalue weighted by Crippen LogP contribution is -2.55. The Bertz CT molecular complexity index is 1050. The third-order valence-corrected chi connectivity index (χ3v) is 6.29. The van der Waals surface area contributed by atoms with Crippen LogP contribution in [0.1, 0.15) is 34.3 Å². The minimum Gasteiger partial charge on any atom is -0.352 e. The predicted molar refractivity (Wildman–Crippen MR) is 120 cm³/mol. The van der Waals surface area contributed by atoms with Crippen molar-refractivity contribution >= 4 is 23.4 Å². The highest BCUT2D eigenvalue weighted by Crippen LogP contribution is 2.33. The van der Waals surface area contributed by atoms with Crippen molar-refractivity contribution in [3.63, 3.8) is 0 Å². The zero-order chi connectivity index (χ0) is 22.1. The summed E-state index contributed by atoms with van der Waals surface area (Å²) in [5, 5.41) is 8.70. The molecule has 2 aromatic carbocycles. The van der Waals surface area contributed by atoms with Crippen molar-refractivity contribution in [1.82, 2.24) is 15.5 Å². The number of carbonyl (C=O) groups excluding carboxylic acids is 3. The molecule has 2 aliphatic rings. The molecule has 4 rings (SSSR count). The van der Waals surface area contributed by atoms with Gasteiger partial charge in [-0.05, 0) is 68.1 Å². The minimum absolute atomic E-state index is 0.109. The van der Waals surface area contributed by atoms with E-state index in [0.29, 0.717) is 30.6 Å². The second-order valence-corrected chi connectivity index (χ2v) is 8.33. The molecule has 1 fully saturated rings. The molecule has 0 aliphatic carbocycles. The SMILES string of the molecule is CNCC(=O)N[C@H]1CCN2C(=O)c3cc(-c4cccc(C)c4C)ccc3NC(=O)[C@@H]2C1. The second kappa shape index (κ2) is 8.51. The summed E-state index contributed by atoms with van der Waals surface area (Å²) in [6.07, 6.45) is 1.03. The van der Waals surface area contributed by atoms with Gasteiger partial charge < -0.3 is 20.9 Å². The van der Waals surface area contributed by atoms with E-state index in [9.17, 15) is 14.4 Å². The lowest BCUT2D eigenvalue weighted by atomic mass is 9.94. The summed E-state index contributed by atoms with van der Waals surface area (Å²) in [6.45, 7) is 4.79. The van der Waals surface area contributed by atoms with E-state index in [2.05, 4.69) is 35.9 Å². The molecule has 2 aromatic rings. The van der Waals surface area contributed by atoms with Gasteiger partial charge in [-0.15, -0.1) is 0 Å². The molecule has 1 saturated heterocycles. The number of carbonyl (C=O) groups is 3. The predicted octanol–water partition coefficient (Wildman–Crippen LogP) is 2.23. The molecule has 0 aromatic heterocycles. The number of likely N-dealkylation sites (N-methyl/N-ethyl adjacent to an activating group) is 1. The number of piperidine rings is 1. The van der Waals surface area contributed by atoms with Crippen molar-refractivity contribution in [1.29, 1.82) is 0 Å². The summed E-state index contributed by atoms with van der Waals surface area (Å²) < 4.78 is 0. The Labute approximate surface area is 182 Å². The van der Waals surface area contributed by atoms with E-state index in [1.807, 2.05) is 30.3 Å². The first-order chi connectivity index (χ1) is 14.9. The van der Waals surface area contributed by atoms with Gasteiger partial charge in [-0.3, -0.25) is 14.4 Å². The van der Waals surface area contributed by atoms with Crippen molar-refractivity contribution in [2.75, 3.05) is 25.5 Å². The highest BCUT2D eigenvalue weighted by atomic mass is 16.2. The third-order valence-electron chi connectivity index (χ3n) is 6.29. The van der Waals surface area contributed by atoms with Gasteiger partial charge in [0, 0.05) is 12.6 Å². The van der Waals surface area contributed by atoms with Crippen LogP contribution in [0.3, 0.4) is 0 Å². The average Bonchev–Trinajstić information content (AvgIpc) is 2.85. The van der Waals surface area contributed by atoms with Crippen LogP contribution in [-0.2, 0) is 9.59 Å². The zero-order valence-corrected chi connectivity index (χ0v) is 18.1. The molecule has 0 unspecified atom stereocenters. The number of amides is 3. The molecule has 3 amide bonds. The maximum Gasteiger partial charge on any atom is 0.256 e. The van der Waals surface area contributed by atoms with Crippen LogP contribution in [-0.4, -0.2) is 54.8 Å². The van der Waals surface area contributed by atoms with Crippen LogP contribution in [0.5, 0.6) is 0 Å². The first-order valence-electron chi connectivity index (χ1n) is 10.7. The Morgan fingerprint density at radius 1 is 1.16 bits per heavy atom. The van der Waals surface area contributed by atoms with E-state index >= 15 is 0 Å². The van der Waals surface area contributed by atoms with Gasteiger partial charge in [0.1, 0.15) is 6.04 Å². The Morgan fingerprint density at radius 3 is 2.74 bits per heavy atom. The molecule has 7 nitrogen and oxygen atoms in total. The number of hydrogen-bond acceptors (Lipinski definition) is 4. The average molecular weight is 421 g/mol. The molecule has 0 bridgehead atoms. The van der Waals surface area contributed by atoms with Crippen LogP contribution in [0, 0.1) is 13.8 Å². The van der Waals surface area contributed by atoms with Gasteiger partial charge in [0.15, 0.2) is 0 Å². The van der Waals surface area contributed by atoms with Gasteiger partial charge >= 0.3 is 0 Å². The van der Waals surface area contributed by atoms with Crippen molar-refractivity contribution in [3.05, 3.63) is 53.1 Å². The fourth-order valence-electron chi connectivity index (χ4n) is 4.46. The Balaban J connectivity index is 1.62. The van der Waals surface area contributed by atoms with Crippen LogP contribution in [0.4, 0.5) is 5.69 Å². The number of nitrogens with one attached hydrogen (secondary N) is 3. The number of benzene rings is 2. The first-order valence-corrected chi connectivity index (χ1v) is 10.7. The molecular weight excluding hydrogens is 392 g/mol. The molecule has 2 atom stereocenters. The number of aryl methyl sites for hydroxylation is 1. The Morgan fingerprint density at radius 2 is 1.97 bits per heavy atom. The van der Waals surface area contributed by atoms with Gasteiger partial charge in [0.25, 0.3) is 5.91 Å². The molecule has 3 N–H and O–H groups in total. The molecule has 7 heteroatoms. The Kier molecular flexibility index (Phi) is 5.78. The maximum atomic E-state index is 13.4. The lowest BCUT2D eigenvalue weighted by Gasteiger charge is -2.37. The van der Waals surface area contributed by atoms with Gasteiger partial charge in [-0.1, -0.05) is 24.3 Å².